The molecule has 3 nitrogen and oxygen atoms in total. The predicted molar refractivity (Wildman–Crippen MR) is 76.7 cm³/mol. The summed E-state index contributed by atoms with van der Waals surface area (Å²) in [5.41, 5.74) is 0. The zero-order valence-electron chi connectivity index (χ0n) is 12.1. The molecule has 3 heteroatoms. The molecule has 0 aliphatic heterocycles. The van der Waals surface area contributed by atoms with E-state index in [1.54, 1.807) is 0 Å². The second-order valence-corrected chi connectivity index (χ2v) is 5.42. The highest BCUT2D eigenvalue weighted by Crippen LogP contribution is 2.13. The van der Waals surface area contributed by atoms with Crippen LogP contribution in [0.5, 0.6) is 0 Å². The summed E-state index contributed by atoms with van der Waals surface area (Å²) in [5, 5.41) is 12.6. The van der Waals surface area contributed by atoms with Gasteiger partial charge < -0.3 is 10.4 Å². The summed E-state index contributed by atoms with van der Waals surface area (Å²) < 4.78 is 0. The van der Waals surface area contributed by atoms with Crippen LogP contribution >= 0.6 is 0 Å². The van der Waals surface area contributed by atoms with Gasteiger partial charge in [-0.05, 0) is 31.6 Å². The fourth-order valence-corrected chi connectivity index (χ4v) is 2.17. The lowest BCUT2D eigenvalue weighted by atomic mass is 9.96. The number of rotatable bonds is 11. The molecule has 0 saturated carbocycles. The normalized spacial score (nSPS) is 14.4. The van der Waals surface area contributed by atoms with Gasteiger partial charge in [-0.25, -0.2) is 0 Å². The van der Waals surface area contributed by atoms with Gasteiger partial charge >= 0.3 is 5.97 Å². The molecular formula is C15H29NO2. The van der Waals surface area contributed by atoms with Gasteiger partial charge in [0.05, 0.1) is 5.92 Å². The molecule has 0 bridgehead atoms. The first-order valence-electron chi connectivity index (χ1n) is 7.08. The van der Waals surface area contributed by atoms with Crippen molar-refractivity contribution >= 4 is 5.97 Å². The molecule has 106 valence electrons. The van der Waals surface area contributed by atoms with Gasteiger partial charge in [0, 0.05) is 12.6 Å². The number of aliphatic carboxylic acids is 1. The van der Waals surface area contributed by atoms with Gasteiger partial charge in [-0.15, -0.1) is 6.58 Å². The lowest BCUT2D eigenvalue weighted by molar-refractivity contribution is -0.142. The van der Waals surface area contributed by atoms with Crippen molar-refractivity contribution in [2.75, 3.05) is 6.54 Å². The summed E-state index contributed by atoms with van der Waals surface area (Å²) >= 11 is 0. The molecule has 0 aromatic rings. The second-order valence-electron chi connectivity index (χ2n) is 5.42. The summed E-state index contributed by atoms with van der Waals surface area (Å²) in [6.07, 6.45) is 6.92. The topological polar surface area (TPSA) is 49.3 Å². The summed E-state index contributed by atoms with van der Waals surface area (Å²) in [6.45, 7) is 10.6. The summed E-state index contributed by atoms with van der Waals surface area (Å²) in [7, 11) is 0. The average molecular weight is 255 g/mol. The molecule has 0 aliphatic carbocycles. The van der Waals surface area contributed by atoms with Crippen LogP contribution in [0.25, 0.3) is 0 Å². The Bertz CT molecular complexity index is 239. The van der Waals surface area contributed by atoms with Gasteiger partial charge in [-0.3, -0.25) is 4.79 Å². The van der Waals surface area contributed by atoms with Crippen LogP contribution in [0.3, 0.4) is 0 Å². The molecule has 18 heavy (non-hydrogen) atoms. The zero-order chi connectivity index (χ0) is 14.0. The Hall–Kier alpha value is -0.830. The fourth-order valence-electron chi connectivity index (χ4n) is 2.17. The van der Waals surface area contributed by atoms with Gasteiger partial charge in [-0.1, -0.05) is 33.3 Å². The molecular weight excluding hydrogens is 226 g/mol. The molecule has 0 aromatic carbocycles. The van der Waals surface area contributed by atoms with Crippen molar-refractivity contribution in [2.24, 2.45) is 11.8 Å². The minimum atomic E-state index is -0.685. The van der Waals surface area contributed by atoms with Gasteiger partial charge in [0.25, 0.3) is 0 Å². The smallest absolute Gasteiger partial charge is 0.307 e. The summed E-state index contributed by atoms with van der Waals surface area (Å²) in [5.74, 6) is -0.533. The predicted octanol–water partition coefficient (Wildman–Crippen LogP) is 3.46. The van der Waals surface area contributed by atoms with Crippen LogP contribution < -0.4 is 5.32 Å². The molecule has 2 atom stereocenters. The first-order chi connectivity index (χ1) is 8.51. The van der Waals surface area contributed by atoms with Crippen molar-refractivity contribution in [2.45, 2.75) is 58.9 Å². The third kappa shape index (κ3) is 8.29. The third-order valence-electron chi connectivity index (χ3n) is 3.11. The summed E-state index contributed by atoms with van der Waals surface area (Å²) in [4.78, 5) is 11.2. The molecule has 0 amide bonds. The Kier molecular flexibility index (Phi) is 9.66. The highest BCUT2D eigenvalue weighted by atomic mass is 16.4. The van der Waals surface area contributed by atoms with Crippen molar-refractivity contribution < 1.29 is 9.90 Å². The van der Waals surface area contributed by atoms with E-state index in [4.69, 9.17) is 0 Å². The number of carboxylic acids is 1. The minimum absolute atomic E-state index is 0.270. The number of carbonyl (C=O) groups is 1. The van der Waals surface area contributed by atoms with E-state index in [2.05, 4.69) is 32.7 Å². The Balaban J connectivity index is 4.17. The molecule has 0 saturated heterocycles. The Morgan fingerprint density at radius 1 is 1.39 bits per heavy atom. The van der Waals surface area contributed by atoms with Crippen LogP contribution in [0.15, 0.2) is 12.7 Å². The molecule has 0 heterocycles. The van der Waals surface area contributed by atoms with Crippen molar-refractivity contribution in [3.63, 3.8) is 0 Å². The number of allylic oxidation sites excluding steroid dienone is 1. The average Bonchev–Trinajstić information content (AvgIpc) is 2.30. The van der Waals surface area contributed by atoms with E-state index >= 15 is 0 Å². The molecule has 0 aromatic heterocycles. The standard InChI is InChI=1S/C15H29NO2/c1-5-7-9-14(8-6-2)16-11-13(15(17)18)10-12(3)4/h5,12-14,16H,1,6-11H2,2-4H3,(H,17,18). The molecule has 0 fully saturated rings. The van der Waals surface area contributed by atoms with Crippen LogP contribution in [0.4, 0.5) is 0 Å². The number of hydrogen-bond donors (Lipinski definition) is 2. The maximum atomic E-state index is 11.2. The Morgan fingerprint density at radius 2 is 2.06 bits per heavy atom. The maximum absolute atomic E-state index is 11.2. The van der Waals surface area contributed by atoms with Crippen molar-refractivity contribution in [3.8, 4) is 0 Å². The van der Waals surface area contributed by atoms with E-state index in [9.17, 15) is 9.90 Å². The first kappa shape index (κ1) is 17.2. The Morgan fingerprint density at radius 3 is 2.50 bits per heavy atom. The van der Waals surface area contributed by atoms with E-state index in [1.165, 1.54) is 0 Å². The fraction of sp³-hybridized carbons (Fsp3) is 0.800. The highest BCUT2D eigenvalue weighted by molar-refractivity contribution is 5.70. The minimum Gasteiger partial charge on any atom is -0.481 e. The van der Waals surface area contributed by atoms with E-state index in [1.807, 2.05) is 6.08 Å². The van der Waals surface area contributed by atoms with Crippen LogP contribution in [0.2, 0.25) is 0 Å². The van der Waals surface area contributed by atoms with Gasteiger partial charge in [-0.2, -0.15) is 0 Å². The maximum Gasteiger partial charge on any atom is 0.307 e. The quantitative estimate of drug-likeness (QED) is 0.556. The Labute approximate surface area is 112 Å². The van der Waals surface area contributed by atoms with Crippen molar-refractivity contribution in [1.82, 2.24) is 5.32 Å². The molecule has 0 spiro atoms. The molecule has 0 radical (unpaired) electrons. The lowest BCUT2D eigenvalue weighted by Crippen LogP contribution is -2.36. The third-order valence-corrected chi connectivity index (χ3v) is 3.11. The van der Waals surface area contributed by atoms with Crippen molar-refractivity contribution in [1.29, 1.82) is 0 Å². The molecule has 2 unspecified atom stereocenters. The molecule has 0 aliphatic rings. The van der Waals surface area contributed by atoms with Gasteiger partial charge in [0.15, 0.2) is 0 Å². The monoisotopic (exact) mass is 255 g/mol. The van der Waals surface area contributed by atoms with E-state index in [0.717, 1.165) is 32.1 Å². The van der Waals surface area contributed by atoms with Gasteiger partial charge in [0.2, 0.25) is 0 Å². The number of nitrogens with one attached hydrogen (secondary N) is 1. The summed E-state index contributed by atoms with van der Waals surface area (Å²) in [6, 6.07) is 0.419. The highest BCUT2D eigenvalue weighted by Gasteiger charge is 2.19. The molecule has 0 rings (SSSR count). The van der Waals surface area contributed by atoms with Crippen LogP contribution in [0.1, 0.15) is 52.9 Å². The largest absolute Gasteiger partial charge is 0.481 e. The van der Waals surface area contributed by atoms with Crippen LogP contribution in [-0.4, -0.2) is 23.7 Å². The van der Waals surface area contributed by atoms with E-state index in [-0.39, 0.29) is 5.92 Å². The lowest BCUT2D eigenvalue weighted by Gasteiger charge is -2.21. The van der Waals surface area contributed by atoms with Gasteiger partial charge in [0.1, 0.15) is 0 Å². The first-order valence-corrected chi connectivity index (χ1v) is 7.08. The van der Waals surface area contributed by atoms with E-state index < -0.39 is 5.97 Å². The SMILES string of the molecule is C=CCCC(CCC)NCC(CC(C)C)C(=O)O. The number of carboxylic acid groups (broad SMARTS) is 1. The zero-order valence-corrected chi connectivity index (χ0v) is 12.1. The van der Waals surface area contributed by atoms with Crippen molar-refractivity contribution in [3.05, 3.63) is 12.7 Å². The van der Waals surface area contributed by atoms with E-state index in [0.29, 0.717) is 18.5 Å². The second kappa shape index (κ2) is 10.1. The molecule has 2 N–H and O–H groups in total. The number of hydrogen-bond acceptors (Lipinski definition) is 2. The van der Waals surface area contributed by atoms with Crippen LogP contribution in [0, 0.1) is 11.8 Å². The van der Waals surface area contributed by atoms with Crippen LogP contribution in [-0.2, 0) is 4.79 Å².